The van der Waals surface area contributed by atoms with Crippen molar-refractivity contribution in [3.63, 3.8) is 0 Å². The highest BCUT2D eigenvalue weighted by molar-refractivity contribution is 5.99. The number of nitrogens with zero attached hydrogens (tertiary/aromatic N) is 2. The first-order valence-corrected chi connectivity index (χ1v) is 7.19. The third-order valence-electron chi connectivity index (χ3n) is 4.29. The van der Waals surface area contributed by atoms with Crippen molar-refractivity contribution >= 4 is 5.78 Å². The second-order valence-corrected chi connectivity index (χ2v) is 5.77. The Morgan fingerprint density at radius 1 is 1.40 bits per heavy atom. The number of halogens is 1. The van der Waals surface area contributed by atoms with E-state index in [1.807, 2.05) is 14.0 Å². The number of Topliss-reactive ketones (excluding diaryl/α,β-unsaturated/α-hetero) is 1. The molecule has 0 aromatic heterocycles. The van der Waals surface area contributed by atoms with Gasteiger partial charge >= 0.3 is 0 Å². The van der Waals surface area contributed by atoms with Crippen LogP contribution in [-0.2, 0) is 0 Å². The average molecular weight is 278 g/mol. The second kappa shape index (κ2) is 6.46. The van der Waals surface area contributed by atoms with Crippen molar-refractivity contribution in [2.45, 2.75) is 31.8 Å². The van der Waals surface area contributed by atoms with Gasteiger partial charge in [0.05, 0.1) is 6.04 Å². The van der Waals surface area contributed by atoms with Crippen LogP contribution in [0, 0.1) is 5.82 Å². The Morgan fingerprint density at radius 3 is 2.65 bits per heavy atom. The smallest absolute Gasteiger partial charge is 0.179 e. The molecule has 1 aliphatic rings. The highest BCUT2D eigenvalue weighted by Gasteiger charge is 2.28. The summed E-state index contributed by atoms with van der Waals surface area (Å²) in [6, 6.07) is 6.04. The van der Waals surface area contributed by atoms with Gasteiger partial charge in [0.25, 0.3) is 0 Å². The van der Waals surface area contributed by atoms with E-state index in [1.165, 1.54) is 18.6 Å². The van der Waals surface area contributed by atoms with E-state index in [-0.39, 0.29) is 17.6 Å². The molecule has 110 valence electrons. The minimum Gasteiger partial charge on any atom is -0.305 e. The monoisotopic (exact) mass is 278 g/mol. The number of likely N-dealkylation sites (N-methyl/N-ethyl adjacent to an activating group) is 2. The molecule has 2 atom stereocenters. The van der Waals surface area contributed by atoms with Gasteiger partial charge in [0.1, 0.15) is 5.82 Å². The maximum absolute atomic E-state index is 12.9. The first kappa shape index (κ1) is 15.1. The standard InChI is InChI=1S/C16H23FN2O/c1-12(16(20)13-6-8-14(17)9-7-13)19(3)15-5-4-10-18(2)11-15/h6-9,12,15H,4-5,10-11H2,1-3H3. The van der Waals surface area contributed by atoms with Crippen LogP contribution in [0.2, 0.25) is 0 Å². The number of carbonyl (C=O) groups excluding carboxylic acids is 1. The molecule has 1 aromatic carbocycles. The largest absolute Gasteiger partial charge is 0.305 e. The predicted molar refractivity (Wildman–Crippen MR) is 78.5 cm³/mol. The average Bonchev–Trinajstić information content (AvgIpc) is 2.46. The van der Waals surface area contributed by atoms with E-state index in [0.29, 0.717) is 11.6 Å². The first-order chi connectivity index (χ1) is 9.49. The zero-order valence-corrected chi connectivity index (χ0v) is 12.5. The minimum atomic E-state index is -0.309. The van der Waals surface area contributed by atoms with E-state index in [9.17, 15) is 9.18 Å². The van der Waals surface area contributed by atoms with Gasteiger partial charge in [0, 0.05) is 18.2 Å². The van der Waals surface area contributed by atoms with Gasteiger partial charge in [0.2, 0.25) is 0 Å². The quantitative estimate of drug-likeness (QED) is 0.790. The maximum atomic E-state index is 12.9. The van der Waals surface area contributed by atoms with Crippen LogP contribution in [0.25, 0.3) is 0 Å². The number of benzene rings is 1. The summed E-state index contributed by atoms with van der Waals surface area (Å²) < 4.78 is 12.9. The Hall–Kier alpha value is -1.26. The van der Waals surface area contributed by atoms with Crippen molar-refractivity contribution in [1.82, 2.24) is 9.80 Å². The molecule has 20 heavy (non-hydrogen) atoms. The van der Waals surface area contributed by atoms with Gasteiger partial charge in [-0.05, 0) is 64.7 Å². The normalized spacial score (nSPS) is 21.9. The third-order valence-corrected chi connectivity index (χ3v) is 4.29. The van der Waals surface area contributed by atoms with Crippen LogP contribution in [-0.4, -0.2) is 54.9 Å². The minimum absolute atomic E-state index is 0.0562. The van der Waals surface area contributed by atoms with E-state index >= 15 is 0 Å². The summed E-state index contributed by atoms with van der Waals surface area (Å²) in [4.78, 5) is 16.9. The van der Waals surface area contributed by atoms with Crippen molar-refractivity contribution in [3.8, 4) is 0 Å². The van der Waals surface area contributed by atoms with E-state index in [0.717, 1.165) is 19.5 Å². The highest BCUT2D eigenvalue weighted by atomic mass is 19.1. The van der Waals surface area contributed by atoms with Crippen molar-refractivity contribution in [2.24, 2.45) is 0 Å². The first-order valence-electron chi connectivity index (χ1n) is 7.19. The summed E-state index contributed by atoms with van der Waals surface area (Å²) in [6.07, 6.45) is 2.30. The molecule has 0 bridgehead atoms. The molecule has 3 nitrogen and oxygen atoms in total. The molecule has 0 spiro atoms. The summed E-state index contributed by atoms with van der Waals surface area (Å²) in [5, 5.41) is 0. The molecule has 0 N–H and O–H groups in total. The summed E-state index contributed by atoms with van der Waals surface area (Å²) in [7, 11) is 4.13. The summed E-state index contributed by atoms with van der Waals surface area (Å²) in [6.45, 7) is 4.06. The number of ketones is 1. The van der Waals surface area contributed by atoms with Crippen molar-refractivity contribution < 1.29 is 9.18 Å². The van der Waals surface area contributed by atoms with Gasteiger partial charge in [-0.25, -0.2) is 4.39 Å². The lowest BCUT2D eigenvalue weighted by Crippen LogP contribution is -2.50. The summed E-state index contributed by atoms with van der Waals surface area (Å²) in [5.41, 5.74) is 0.579. The lowest BCUT2D eigenvalue weighted by atomic mass is 9.99. The molecule has 2 unspecified atom stereocenters. The zero-order chi connectivity index (χ0) is 14.7. The van der Waals surface area contributed by atoms with Crippen LogP contribution in [0.5, 0.6) is 0 Å². The molecular formula is C16H23FN2O. The molecule has 1 heterocycles. The number of hydrogen-bond donors (Lipinski definition) is 0. The molecule has 1 aliphatic heterocycles. The second-order valence-electron chi connectivity index (χ2n) is 5.77. The molecule has 1 aromatic rings. The predicted octanol–water partition coefficient (Wildman–Crippen LogP) is 2.42. The fraction of sp³-hybridized carbons (Fsp3) is 0.562. The van der Waals surface area contributed by atoms with Gasteiger partial charge in [-0.3, -0.25) is 9.69 Å². The van der Waals surface area contributed by atoms with E-state index in [2.05, 4.69) is 16.8 Å². The highest BCUT2D eigenvalue weighted by Crippen LogP contribution is 2.18. The summed E-state index contributed by atoms with van der Waals surface area (Å²) >= 11 is 0. The lowest BCUT2D eigenvalue weighted by Gasteiger charge is -2.38. The Labute approximate surface area is 120 Å². The zero-order valence-electron chi connectivity index (χ0n) is 12.5. The Balaban J connectivity index is 2.03. The van der Waals surface area contributed by atoms with Gasteiger partial charge in [-0.1, -0.05) is 0 Å². The van der Waals surface area contributed by atoms with Crippen molar-refractivity contribution in [3.05, 3.63) is 35.6 Å². The Morgan fingerprint density at radius 2 is 2.05 bits per heavy atom. The molecule has 0 amide bonds. The Bertz CT molecular complexity index is 460. The van der Waals surface area contributed by atoms with Crippen LogP contribution >= 0.6 is 0 Å². The van der Waals surface area contributed by atoms with Gasteiger partial charge in [0.15, 0.2) is 5.78 Å². The van der Waals surface area contributed by atoms with Crippen molar-refractivity contribution in [1.29, 1.82) is 0 Å². The maximum Gasteiger partial charge on any atom is 0.179 e. The molecule has 1 fully saturated rings. The fourth-order valence-corrected chi connectivity index (χ4v) is 2.83. The number of carbonyl (C=O) groups is 1. The van der Waals surface area contributed by atoms with E-state index < -0.39 is 0 Å². The Kier molecular flexibility index (Phi) is 4.89. The van der Waals surface area contributed by atoms with Crippen LogP contribution in [0.1, 0.15) is 30.1 Å². The van der Waals surface area contributed by atoms with Gasteiger partial charge in [-0.2, -0.15) is 0 Å². The van der Waals surface area contributed by atoms with E-state index in [4.69, 9.17) is 0 Å². The molecule has 0 saturated carbocycles. The molecule has 0 radical (unpaired) electrons. The fourth-order valence-electron chi connectivity index (χ4n) is 2.83. The number of rotatable bonds is 4. The molecular weight excluding hydrogens is 255 g/mol. The molecule has 1 saturated heterocycles. The molecule has 2 rings (SSSR count). The van der Waals surface area contributed by atoms with Gasteiger partial charge < -0.3 is 4.90 Å². The number of hydrogen-bond acceptors (Lipinski definition) is 3. The van der Waals surface area contributed by atoms with Crippen LogP contribution < -0.4 is 0 Å². The van der Waals surface area contributed by atoms with Crippen LogP contribution in [0.4, 0.5) is 4.39 Å². The lowest BCUT2D eigenvalue weighted by molar-refractivity contribution is 0.0709. The van der Waals surface area contributed by atoms with Crippen molar-refractivity contribution in [2.75, 3.05) is 27.2 Å². The van der Waals surface area contributed by atoms with Gasteiger partial charge in [-0.15, -0.1) is 0 Å². The summed E-state index contributed by atoms with van der Waals surface area (Å²) in [5.74, 6) is -0.253. The topological polar surface area (TPSA) is 23.6 Å². The molecule has 4 heteroatoms. The van der Waals surface area contributed by atoms with Crippen LogP contribution in [0.15, 0.2) is 24.3 Å². The number of piperidine rings is 1. The van der Waals surface area contributed by atoms with Crippen LogP contribution in [0.3, 0.4) is 0 Å². The van der Waals surface area contributed by atoms with E-state index in [1.54, 1.807) is 12.1 Å². The third kappa shape index (κ3) is 3.44. The number of likely N-dealkylation sites (tertiary alicyclic amines) is 1. The molecule has 0 aliphatic carbocycles. The SMILES string of the molecule is CC(C(=O)c1ccc(F)cc1)N(C)C1CCCN(C)C1.